The van der Waals surface area contributed by atoms with E-state index in [4.69, 9.17) is 4.55 Å². The fraction of sp³-hybridized carbons (Fsp3) is 0.714. The minimum atomic E-state index is -4.12. The van der Waals surface area contributed by atoms with Crippen LogP contribution in [0, 0.1) is 0 Å². The first-order valence-electron chi connectivity index (χ1n) is 9.70. The Morgan fingerprint density at radius 2 is 1.48 bits per heavy atom. The average molecular weight is 403 g/mol. The molecule has 0 aromatic rings. The zero-order valence-electron chi connectivity index (χ0n) is 18.0. The molecule has 0 saturated carbocycles. The zero-order valence-corrected chi connectivity index (χ0v) is 18.8. The Morgan fingerprint density at radius 3 is 2.00 bits per heavy atom. The summed E-state index contributed by atoms with van der Waals surface area (Å²) >= 11 is 0. The molecular formula is C21H40NO4S+. The Kier molecular flexibility index (Phi) is 12.1. The lowest BCUT2D eigenvalue weighted by molar-refractivity contribution is -0.885. The third-order valence-corrected chi connectivity index (χ3v) is 5.33. The summed E-state index contributed by atoms with van der Waals surface area (Å²) in [5, 5.41) is 9.71. The molecule has 1 unspecified atom stereocenters. The van der Waals surface area contributed by atoms with Crippen molar-refractivity contribution in [1.82, 2.24) is 0 Å². The molecular weight excluding hydrogens is 362 g/mol. The highest BCUT2D eigenvalue weighted by Crippen LogP contribution is 2.12. The Hall–Kier alpha value is -0.950. The molecule has 0 radical (unpaired) electrons. The van der Waals surface area contributed by atoms with Crippen LogP contribution in [0.4, 0.5) is 0 Å². The van der Waals surface area contributed by atoms with E-state index in [1.165, 1.54) is 16.7 Å². The molecule has 1 atom stereocenters. The van der Waals surface area contributed by atoms with E-state index in [1.807, 2.05) is 0 Å². The van der Waals surface area contributed by atoms with Crippen molar-refractivity contribution in [3.05, 3.63) is 34.9 Å². The van der Waals surface area contributed by atoms with Crippen LogP contribution in [-0.2, 0) is 10.1 Å². The van der Waals surface area contributed by atoms with Crippen molar-refractivity contribution in [2.75, 3.05) is 32.9 Å². The molecule has 158 valence electrons. The summed E-state index contributed by atoms with van der Waals surface area (Å²) in [6.07, 6.45) is 10.4. The molecule has 0 aromatic heterocycles. The normalized spacial score (nSPS) is 15.0. The number of likely N-dealkylation sites (N-methyl/N-ethyl adjacent to an activating group) is 1. The maximum absolute atomic E-state index is 10.8. The Morgan fingerprint density at radius 1 is 0.963 bits per heavy atom. The monoisotopic (exact) mass is 402 g/mol. The third-order valence-electron chi connectivity index (χ3n) is 4.53. The average Bonchev–Trinajstić information content (AvgIpc) is 2.49. The largest absolute Gasteiger partial charge is 0.392 e. The number of aliphatic hydroxyl groups is 1. The Balaban J connectivity index is 4.28. The topological polar surface area (TPSA) is 74.6 Å². The summed E-state index contributed by atoms with van der Waals surface area (Å²) in [5.74, 6) is -0.596. The quantitative estimate of drug-likeness (QED) is 0.276. The van der Waals surface area contributed by atoms with E-state index in [0.29, 0.717) is 17.4 Å². The Labute approximate surface area is 166 Å². The smallest absolute Gasteiger partial charge is 0.267 e. The SMILES string of the molecule is CC(C)=CCC/C(C)=C/CC/C(C)=C/C[N+](C)(C)CCC(O)CS(=O)(=O)O. The van der Waals surface area contributed by atoms with Crippen LogP contribution in [0.5, 0.6) is 0 Å². The van der Waals surface area contributed by atoms with Gasteiger partial charge in [-0.3, -0.25) is 4.55 Å². The fourth-order valence-electron chi connectivity index (χ4n) is 2.66. The molecule has 0 aliphatic heterocycles. The molecule has 0 aromatic carbocycles. The van der Waals surface area contributed by atoms with Gasteiger partial charge in [-0.2, -0.15) is 8.42 Å². The van der Waals surface area contributed by atoms with Crippen molar-refractivity contribution in [3.63, 3.8) is 0 Å². The molecule has 0 fully saturated rings. The summed E-state index contributed by atoms with van der Waals surface area (Å²) in [6, 6.07) is 0. The number of allylic oxidation sites excluding steroid dienone is 5. The first kappa shape index (κ1) is 26.1. The molecule has 6 heteroatoms. The van der Waals surface area contributed by atoms with E-state index in [0.717, 1.165) is 32.2 Å². The molecule has 0 bridgehead atoms. The van der Waals surface area contributed by atoms with Crippen LogP contribution in [0.25, 0.3) is 0 Å². The third kappa shape index (κ3) is 16.9. The number of hydrogen-bond donors (Lipinski definition) is 2. The molecule has 0 spiro atoms. The number of aliphatic hydroxyl groups excluding tert-OH is 1. The standard InChI is InChI=1S/C21H39NO4S/c1-18(2)9-7-10-19(3)11-8-12-20(4)13-15-22(5,6)16-14-21(23)17-27(24,25)26/h9,11,13,21,23H,7-8,10,12,14-17H2,1-6H3/p+1/b19-11+,20-13+. The van der Waals surface area contributed by atoms with Crippen LogP contribution in [0.2, 0.25) is 0 Å². The lowest BCUT2D eigenvalue weighted by atomic mass is 10.1. The number of quaternary nitrogens is 1. The highest BCUT2D eigenvalue weighted by atomic mass is 32.2. The minimum Gasteiger partial charge on any atom is -0.392 e. The maximum Gasteiger partial charge on any atom is 0.267 e. The summed E-state index contributed by atoms with van der Waals surface area (Å²) in [5.41, 5.74) is 4.14. The van der Waals surface area contributed by atoms with Crippen molar-refractivity contribution in [2.24, 2.45) is 0 Å². The summed E-state index contributed by atoms with van der Waals surface area (Å²) in [7, 11) is -0.0164. The fourth-order valence-corrected chi connectivity index (χ4v) is 3.31. The van der Waals surface area contributed by atoms with Gasteiger partial charge in [-0.15, -0.1) is 0 Å². The van der Waals surface area contributed by atoms with E-state index >= 15 is 0 Å². The lowest BCUT2D eigenvalue weighted by Gasteiger charge is -2.29. The second-order valence-corrected chi connectivity index (χ2v) is 9.99. The van der Waals surface area contributed by atoms with Crippen LogP contribution < -0.4 is 0 Å². The van der Waals surface area contributed by atoms with Crippen molar-refractivity contribution in [1.29, 1.82) is 0 Å². The lowest BCUT2D eigenvalue weighted by Crippen LogP contribution is -2.42. The molecule has 5 nitrogen and oxygen atoms in total. The van der Waals surface area contributed by atoms with Crippen LogP contribution in [0.15, 0.2) is 34.9 Å². The van der Waals surface area contributed by atoms with Gasteiger partial charge in [-0.25, -0.2) is 0 Å². The highest BCUT2D eigenvalue weighted by molar-refractivity contribution is 7.85. The number of rotatable bonds is 13. The molecule has 0 saturated heterocycles. The molecule has 0 rings (SSSR count). The molecule has 27 heavy (non-hydrogen) atoms. The minimum absolute atomic E-state index is 0.341. The molecule has 2 N–H and O–H groups in total. The van der Waals surface area contributed by atoms with Gasteiger partial charge in [0, 0.05) is 6.42 Å². The molecule has 0 aliphatic rings. The van der Waals surface area contributed by atoms with E-state index < -0.39 is 22.0 Å². The van der Waals surface area contributed by atoms with Crippen molar-refractivity contribution < 1.29 is 22.6 Å². The summed E-state index contributed by atoms with van der Waals surface area (Å²) < 4.78 is 31.0. The van der Waals surface area contributed by atoms with Gasteiger partial charge in [0.25, 0.3) is 10.1 Å². The highest BCUT2D eigenvalue weighted by Gasteiger charge is 2.19. The Bertz CT molecular complexity index is 627. The van der Waals surface area contributed by atoms with Gasteiger partial charge in [-0.05, 0) is 59.5 Å². The van der Waals surface area contributed by atoms with E-state index in [2.05, 4.69) is 60.0 Å². The van der Waals surface area contributed by atoms with E-state index in [1.54, 1.807) is 0 Å². The van der Waals surface area contributed by atoms with Gasteiger partial charge >= 0.3 is 0 Å². The van der Waals surface area contributed by atoms with Gasteiger partial charge in [0.2, 0.25) is 0 Å². The molecule has 0 aliphatic carbocycles. The maximum atomic E-state index is 10.8. The molecule has 0 amide bonds. The van der Waals surface area contributed by atoms with Gasteiger partial charge in [0.15, 0.2) is 0 Å². The van der Waals surface area contributed by atoms with Crippen LogP contribution >= 0.6 is 0 Å². The second kappa shape index (κ2) is 12.5. The number of hydrogen-bond acceptors (Lipinski definition) is 3. The van der Waals surface area contributed by atoms with Crippen molar-refractivity contribution in [3.8, 4) is 0 Å². The predicted molar refractivity (Wildman–Crippen MR) is 114 cm³/mol. The van der Waals surface area contributed by atoms with Gasteiger partial charge in [0.05, 0.1) is 33.3 Å². The van der Waals surface area contributed by atoms with Gasteiger partial charge in [-0.1, -0.05) is 28.9 Å². The van der Waals surface area contributed by atoms with Crippen LogP contribution in [-0.4, -0.2) is 61.6 Å². The van der Waals surface area contributed by atoms with Crippen LogP contribution in [0.3, 0.4) is 0 Å². The predicted octanol–water partition coefficient (Wildman–Crippen LogP) is 4.12. The van der Waals surface area contributed by atoms with E-state index in [-0.39, 0.29) is 0 Å². The summed E-state index contributed by atoms with van der Waals surface area (Å²) in [4.78, 5) is 0. The summed E-state index contributed by atoms with van der Waals surface area (Å²) in [6.45, 7) is 10.1. The molecule has 0 heterocycles. The van der Waals surface area contributed by atoms with E-state index in [9.17, 15) is 13.5 Å². The van der Waals surface area contributed by atoms with Crippen molar-refractivity contribution in [2.45, 2.75) is 65.9 Å². The number of nitrogens with zero attached hydrogens (tertiary/aromatic N) is 1. The zero-order chi connectivity index (χ0) is 21.1. The van der Waals surface area contributed by atoms with Crippen molar-refractivity contribution >= 4 is 10.1 Å². The van der Waals surface area contributed by atoms with Crippen LogP contribution in [0.1, 0.15) is 59.8 Å². The first-order valence-corrected chi connectivity index (χ1v) is 11.3. The first-order chi connectivity index (χ1) is 12.3. The second-order valence-electron chi connectivity index (χ2n) is 8.49. The van der Waals surface area contributed by atoms with Gasteiger partial charge in [0.1, 0.15) is 5.75 Å². The van der Waals surface area contributed by atoms with Gasteiger partial charge < -0.3 is 9.59 Å².